The number of thiocarbonyl (C=S) groups is 1. The van der Waals surface area contributed by atoms with Gasteiger partial charge in [0.1, 0.15) is 17.6 Å². The van der Waals surface area contributed by atoms with E-state index in [1.165, 1.54) is 0 Å². The predicted molar refractivity (Wildman–Crippen MR) is 107 cm³/mol. The van der Waals surface area contributed by atoms with Gasteiger partial charge in [0.2, 0.25) is 0 Å². The van der Waals surface area contributed by atoms with Crippen LogP contribution in [0.2, 0.25) is 0 Å². The molecule has 1 aromatic rings. The summed E-state index contributed by atoms with van der Waals surface area (Å²) in [6, 6.07) is 5.01. The zero-order valence-electron chi connectivity index (χ0n) is 16.1. The van der Waals surface area contributed by atoms with E-state index in [1.807, 2.05) is 25.1 Å². The number of hydrogen-bond acceptors (Lipinski definition) is 5. The third kappa shape index (κ3) is 4.03. The number of allylic oxidation sites excluding steroid dienone is 1. The number of carbonyl (C=O) groups excluding carboxylic acids is 1. The van der Waals surface area contributed by atoms with Crippen molar-refractivity contribution >= 4 is 23.3 Å². The maximum atomic E-state index is 13.1. The molecule has 2 N–H and O–H groups in total. The zero-order chi connectivity index (χ0) is 19.6. The monoisotopic (exact) mass is 390 g/mol. The molecule has 1 heterocycles. The molecule has 0 unspecified atom stereocenters. The van der Waals surface area contributed by atoms with Gasteiger partial charge < -0.3 is 24.8 Å². The van der Waals surface area contributed by atoms with Crippen molar-refractivity contribution in [1.82, 2.24) is 10.6 Å². The molecule has 2 aliphatic rings. The molecule has 0 radical (unpaired) electrons. The van der Waals surface area contributed by atoms with Crippen molar-refractivity contribution in [2.24, 2.45) is 5.92 Å². The second-order valence-electron chi connectivity index (χ2n) is 7.03. The third-order valence-corrected chi connectivity index (χ3v) is 5.50. The van der Waals surface area contributed by atoms with Crippen LogP contribution in [0.25, 0.3) is 0 Å². The van der Waals surface area contributed by atoms with Gasteiger partial charge in [-0.1, -0.05) is 6.92 Å². The van der Waals surface area contributed by atoms with Crippen LogP contribution in [0.15, 0.2) is 29.5 Å². The minimum Gasteiger partial charge on any atom is -0.497 e. The molecule has 3 atom stereocenters. The van der Waals surface area contributed by atoms with Crippen LogP contribution >= 0.6 is 12.2 Å². The Hall–Kier alpha value is -2.28. The molecule has 0 spiro atoms. The van der Waals surface area contributed by atoms with E-state index in [-0.39, 0.29) is 12.1 Å². The van der Waals surface area contributed by atoms with Crippen molar-refractivity contribution in [3.8, 4) is 11.5 Å². The van der Waals surface area contributed by atoms with Crippen LogP contribution in [-0.4, -0.2) is 31.4 Å². The Morgan fingerprint density at radius 3 is 2.63 bits per heavy atom. The molecule has 27 heavy (non-hydrogen) atoms. The molecule has 1 saturated carbocycles. The maximum absolute atomic E-state index is 13.1. The summed E-state index contributed by atoms with van der Waals surface area (Å²) in [4.78, 5) is 13.1. The quantitative estimate of drug-likeness (QED) is 0.591. The summed E-state index contributed by atoms with van der Waals surface area (Å²) in [6.07, 6.45) is 3.04. The molecule has 3 rings (SSSR count). The van der Waals surface area contributed by atoms with Crippen LogP contribution in [-0.2, 0) is 9.53 Å². The summed E-state index contributed by atoms with van der Waals surface area (Å²) in [5.41, 5.74) is 1.96. The Kier molecular flexibility index (Phi) is 5.89. The van der Waals surface area contributed by atoms with E-state index < -0.39 is 6.04 Å². The number of methoxy groups -OCH3 is 2. The van der Waals surface area contributed by atoms with Gasteiger partial charge in [-0.2, -0.15) is 0 Å². The molecule has 1 fully saturated rings. The average Bonchev–Trinajstić information content (AvgIpc) is 3.04. The lowest BCUT2D eigenvalue weighted by atomic mass is 9.94. The van der Waals surface area contributed by atoms with E-state index >= 15 is 0 Å². The van der Waals surface area contributed by atoms with Gasteiger partial charge in [0.05, 0.1) is 25.8 Å². The molecule has 1 aromatic carbocycles. The Morgan fingerprint density at radius 2 is 2.00 bits per heavy atom. The fraction of sp³-hybridized carbons (Fsp3) is 0.500. The first-order valence-corrected chi connectivity index (χ1v) is 9.56. The molecule has 1 aliphatic carbocycles. The van der Waals surface area contributed by atoms with Crippen molar-refractivity contribution in [2.45, 2.75) is 45.3 Å². The summed E-state index contributed by atoms with van der Waals surface area (Å²) in [7, 11) is 3.20. The smallest absolute Gasteiger partial charge is 0.338 e. The van der Waals surface area contributed by atoms with Gasteiger partial charge >= 0.3 is 5.97 Å². The van der Waals surface area contributed by atoms with Gasteiger partial charge in [0.15, 0.2) is 5.11 Å². The van der Waals surface area contributed by atoms with Gasteiger partial charge in [-0.3, -0.25) is 0 Å². The van der Waals surface area contributed by atoms with E-state index in [9.17, 15) is 4.79 Å². The Labute approximate surface area is 165 Å². The van der Waals surface area contributed by atoms with E-state index in [0.29, 0.717) is 33.8 Å². The Morgan fingerprint density at radius 1 is 1.22 bits per heavy atom. The summed E-state index contributed by atoms with van der Waals surface area (Å²) >= 11 is 5.32. The van der Waals surface area contributed by atoms with Crippen molar-refractivity contribution in [3.63, 3.8) is 0 Å². The number of ether oxygens (including phenoxy) is 3. The zero-order valence-corrected chi connectivity index (χ0v) is 16.9. The summed E-state index contributed by atoms with van der Waals surface area (Å²) in [5.74, 6) is 1.37. The first-order chi connectivity index (χ1) is 12.9. The topological polar surface area (TPSA) is 68.8 Å². The fourth-order valence-electron chi connectivity index (χ4n) is 3.75. The number of esters is 1. The third-order valence-electron chi connectivity index (χ3n) is 5.28. The molecular formula is C20H26N2O4S. The van der Waals surface area contributed by atoms with Gasteiger partial charge in [0.25, 0.3) is 0 Å². The lowest BCUT2D eigenvalue weighted by molar-refractivity contribution is -0.146. The van der Waals surface area contributed by atoms with E-state index in [4.69, 9.17) is 26.4 Å². The fourth-order valence-corrected chi connectivity index (χ4v) is 4.02. The summed E-state index contributed by atoms with van der Waals surface area (Å²) in [5, 5.41) is 6.67. The molecule has 146 valence electrons. The highest BCUT2D eigenvalue weighted by molar-refractivity contribution is 7.80. The second kappa shape index (κ2) is 8.17. The lowest BCUT2D eigenvalue weighted by Gasteiger charge is -2.31. The molecule has 0 aromatic heterocycles. The molecule has 0 saturated heterocycles. The number of rotatable bonds is 5. The van der Waals surface area contributed by atoms with Crippen LogP contribution in [0.3, 0.4) is 0 Å². The SMILES string of the molecule is COc1ccc(OC)c([C@@H]2NC(=S)NC(C)=C2C(=O)O[C@@H]2CCC[C@@H]2C)c1. The van der Waals surface area contributed by atoms with Crippen molar-refractivity contribution in [1.29, 1.82) is 0 Å². The van der Waals surface area contributed by atoms with Gasteiger partial charge in [-0.15, -0.1) is 0 Å². The summed E-state index contributed by atoms with van der Waals surface area (Å²) in [6.45, 7) is 3.96. The van der Waals surface area contributed by atoms with Crippen LogP contribution in [0.5, 0.6) is 11.5 Å². The normalized spacial score (nSPS) is 24.9. The molecule has 6 nitrogen and oxygen atoms in total. The van der Waals surface area contributed by atoms with Crippen LogP contribution < -0.4 is 20.1 Å². The molecule has 0 bridgehead atoms. The number of hydrogen-bond donors (Lipinski definition) is 2. The van der Waals surface area contributed by atoms with Crippen molar-refractivity contribution in [3.05, 3.63) is 35.0 Å². The number of nitrogens with one attached hydrogen (secondary N) is 2. The minimum absolute atomic E-state index is 0.0421. The Bertz CT molecular complexity index is 777. The van der Waals surface area contributed by atoms with Crippen molar-refractivity contribution < 1.29 is 19.0 Å². The highest BCUT2D eigenvalue weighted by Crippen LogP contribution is 2.37. The largest absolute Gasteiger partial charge is 0.497 e. The van der Waals surface area contributed by atoms with Crippen LogP contribution in [0.4, 0.5) is 0 Å². The number of carbonyl (C=O) groups is 1. The summed E-state index contributed by atoms with van der Waals surface area (Å²) < 4.78 is 16.7. The molecule has 7 heteroatoms. The van der Waals surface area contributed by atoms with E-state index in [0.717, 1.165) is 24.8 Å². The lowest BCUT2D eigenvalue weighted by Crippen LogP contribution is -2.45. The van der Waals surface area contributed by atoms with Gasteiger partial charge in [-0.05, 0) is 62.5 Å². The van der Waals surface area contributed by atoms with Crippen molar-refractivity contribution in [2.75, 3.05) is 14.2 Å². The first kappa shape index (κ1) is 19.5. The highest BCUT2D eigenvalue weighted by Gasteiger charge is 2.35. The molecular weight excluding hydrogens is 364 g/mol. The maximum Gasteiger partial charge on any atom is 0.338 e. The number of benzene rings is 1. The van der Waals surface area contributed by atoms with Gasteiger partial charge in [0, 0.05) is 11.3 Å². The van der Waals surface area contributed by atoms with E-state index in [2.05, 4.69) is 17.6 Å². The molecule has 1 aliphatic heterocycles. The van der Waals surface area contributed by atoms with Crippen LogP contribution in [0, 0.1) is 5.92 Å². The second-order valence-corrected chi connectivity index (χ2v) is 7.44. The van der Waals surface area contributed by atoms with Gasteiger partial charge in [-0.25, -0.2) is 4.79 Å². The Balaban J connectivity index is 1.98. The predicted octanol–water partition coefficient (Wildman–Crippen LogP) is 3.23. The minimum atomic E-state index is -0.479. The highest BCUT2D eigenvalue weighted by atomic mass is 32.1. The molecule has 0 amide bonds. The standard InChI is InChI=1S/C20H26N2O4S/c1-11-6-5-7-15(11)26-19(23)17-12(2)21-20(27)22-18(17)14-10-13(24-3)8-9-16(14)25-4/h8-11,15,18H,5-7H2,1-4H3,(H2,21,22,27)/t11-,15+,18-/m0/s1. The first-order valence-electron chi connectivity index (χ1n) is 9.15. The van der Waals surface area contributed by atoms with Crippen LogP contribution in [0.1, 0.15) is 44.7 Å². The van der Waals surface area contributed by atoms with E-state index in [1.54, 1.807) is 14.2 Å². The average molecular weight is 391 g/mol.